The van der Waals surface area contributed by atoms with E-state index in [4.69, 9.17) is 43.5 Å². The molecule has 0 atom stereocenters. The number of halogens is 1. The summed E-state index contributed by atoms with van der Waals surface area (Å²) < 4.78 is 103. The second kappa shape index (κ2) is 21.7. The van der Waals surface area contributed by atoms with Crippen LogP contribution in [0.1, 0.15) is 0 Å². The van der Waals surface area contributed by atoms with E-state index in [0.717, 1.165) is 6.07 Å². The van der Waals surface area contributed by atoms with Gasteiger partial charge >= 0.3 is 0 Å². The third-order valence-electron chi connectivity index (χ3n) is 8.71. The molecule has 0 saturated heterocycles. The number of fused-ring (bicyclic) bond motifs is 1. The summed E-state index contributed by atoms with van der Waals surface area (Å²) in [5.41, 5.74) is 18.2. The topological polar surface area (TPSA) is 394 Å². The number of anilines is 4. The molecule has 6 aromatic rings. The fourth-order valence-electron chi connectivity index (χ4n) is 5.57. The first-order valence-corrected chi connectivity index (χ1v) is 24.3. The van der Waals surface area contributed by atoms with Crippen molar-refractivity contribution >= 4 is 134 Å². The van der Waals surface area contributed by atoms with Crippen molar-refractivity contribution in [3.05, 3.63) is 102 Å². The third kappa shape index (κ3) is 12.7. The van der Waals surface area contributed by atoms with Crippen LogP contribution in [0.5, 0.6) is 5.75 Å². The van der Waals surface area contributed by atoms with E-state index in [-0.39, 0.29) is 94.9 Å². The highest BCUT2D eigenvalue weighted by Gasteiger charge is 2.26. The maximum Gasteiger partial charge on any atom is 0.296 e. The van der Waals surface area contributed by atoms with Crippen LogP contribution in [0, 0.1) is 0 Å². The van der Waals surface area contributed by atoms with Crippen LogP contribution in [0.2, 0.25) is 5.02 Å². The van der Waals surface area contributed by atoms with Crippen molar-refractivity contribution in [1.29, 1.82) is 0 Å². The van der Waals surface area contributed by atoms with Crippen molar-refractivity contribution in [1.82, 2.24) is 0 Å². The molecule has 67 heavy (non-hydrogen) atoms. The molecule has 0 aliphatic rings. The molecule has 6 rings (SSSR count). The average molecular weight is 1040 g/mol. The van der Waals surface area contributed by atoms with E-state index in [0.29, 0.717) is 17.7 Å². The van der Waals surface area contributed by atoms with Gasteiger partial charge < -0.3 is 22.3 Å². The number of benzene rings is 6. The molecule has 352 valence electrons. The van der Waals surface area contributed by atoms with Gasteiger partial charge in [-0.2, -0.15) is 23.8 Å². The number of phenols is 1. The molecule has 0 amide bonds. The Balaban J connectivity index is 1.24. The smallest absolute Gasteiger partial charge is 0.296 e. The van der Waals surface area contributed by atoms with Crippen molar-refractivity contribution in [3.63, 3.8) is 0 Å². The number of sulfone groups is 1. The van der Waals surface area contributed by atoms with Gasteiger partial charge in [-0.15, -0.1) is 24.0 Å². The molecule has 0 aliphatic heterocycles. The first kappa shape index (κ1) is 50.3. The number of azo groups is 3. The van der Waals surface area contributed by atoms with E-state index in [9.17, 15) is 34.9 Å². The predicted octanol–water partition coefficient (Wildman–Crippen LogP) is 9.44. The van der Waals surface area contributed by atoms with Crippen LogP contribution in [-0.4, -0.2) is 57.8 Å². The highest BCUT2D eigenvalue weighted by molar-refractivity contribution is 7.95. The van der Waals surface area contributed by atoms with Gasteiger partial charge in [0.05, 0.1) is 78.7 Å². The molecule has 6 aromatic carbocycles. The standard InChI is InChI=1S/C36H31ClN10O15S5/c37-26-16-29(28(39)17-27(26)38)44-41-19-1-3-22(4-2-19)47-66(53,54)24-11-7-21(8-12-24)43-46-35-32(67(55,56)57)15-25-31(63-61-59-49)18-30(34(40)33(25)36(35)48)45-42-20-5-9-23(10-6-20)65(51,52)14-13-58-64-62-60-50/h1-12,15-18,47-50H,13-14,38-40H2,(H,55,56,57). The molecule has 25 nitrogen and oxygen atoms in total. The minimum atomic E-state index is -5.17. The first-order valence-electron chi connectivity index (χ1n) is 18.0. The van der Waals surface area contributed by atoms with Gasteiger partial charge in [0.2, 0.25) is 0 Å². The van der Waals surface area contributed by atoms with Gasteiger partial charge in [-0.3, -0.25) is 13.5 Å². The summed E-state index contributed by atoms with van der Waals surface area (Å²) in [4.78, 5) is -1.36. The number of hydrogen-bond donors (Lipinski definition) is 8. The monoisotopic (exact) mass is 1040 g/mol. The molecular formula is C36H31ClN10O15S5. The number of nitrogens with zero attached hydrogens (tertiary/aromatic N) is 6. The number of nitrogen functional groups attached to an aromatic ring is 3. The zero-order chi connectivity index (χ0) is 48.5. The third-order valence-corrected chi connectivity index (χ3v) is 14.0. The molecule has 31 heteroatoms. The summed E-state index contributed by atoms with van der Waals surface area (Å²) in [6, 6.07) is 20.7. The summed E-state index contributed by atoms with van der Waals surface area (Å²) in [5.74, 6) is -1.39. The molecule has 0 aliphatic carbocycles. The molecule has 0 radical (unpaired) electrons. The van der Waals surface area contributed by atoms with Gasteiger partial charge in [0, 0.05) is 16.0 Å². The van der Waals surface area contributed by atoms with Gasteiger partial charge in [0.15, 0.2) is 27.9 Å². The normalized spacial score (nSPS) is 12.5. The fraction of sp³-hybridized carbons (Fsp3) is 0.0556. The number of phenolic OH excluding ortho intramolecular Hbond substituents is 1. The van der Waals surface area contributed by atoms with E-state index >= 15 is 0 Å². The lowest BCUT2D eigenvalue weighted by molar-refractivity contribution is -0.434. The molecule has 0 heterocycles. The van der Waals surface area contributed by atoms with Crippen LogP contribution < -0.4 is 21.9 Å². The van der Waals surface area contributed by atoms with Crippen LogP contribution in [0.4, 0.5) is 56.9 Å². The quantitative estimate of drug-likeness (QED) is 0.00670. The largest absolute Gasteiger partial charge is 0.505 e. The van der Waals surface area contributed by atoms with Gasteiger partial charge in [0.1, 0.15) is 22.0 Å². The van der Waals surface area contributed by atoms with Crippen molar-refractivity contribution in [2.24, 2.45) is 30.7 Å². The Bertz CT molecular complexity index is 3230. The van der Waals surface area contributed by atoms with E-state index < -0.39 is 52.1 Å². The van der Waals surface area contributed by atoms with Gasteiger partial charge in [-0.25, -0.2) is 27.4 Å². The molecular weight excluding hydrogens is 1010 g/mol. The Morgan fingerprint density at radius 2 is 1.24 bits per heavy atom. The van der Waals surface area contributed by atoms with Crippen LogP contribution in [0.25, 0.3) is 10.8 Å². The number of sulfonamides is 1. The summed E-state index contributed by atoms with van der Waals surface area (Å²) in [7, 11) is -13.2. The molecule has 11 N–H and O–H groups in total. The minimum Gasteiger partial charge on any atom is -0.505 e. The predicted molar refractivity (Wildman–Crippen MR) is 244 cm³/mol. The second-order valence-corrected chi connectivity index (χ2v) is 19.9. The molecule has 0 aromatic heterocycles. The highest BCUT2D eigenvalue weighted by atomic mass is 35.5. The fourth-order valence-corrected chi connectivity index (χ4v) is 9.36. The maximum absolute atomic E-state index is 13.2. The Labute approximate surface area is 392 Å². The molecule has 0 bridgehead atoms. The number of nitrogens with one attached hydrogen (secondary N) is 1. The summed E-state index contributed by atoms with van der Waals surface area (Å²) in [6.45, 7) is -0.319. The SMILES string of the molecule is Nc1cc(N)c(N=Nc2ccc(NS(=O)(=O)c3ccc(N=Nc4c(S(=O)(=O)O)cc5c(SOOO)cc(N=Nc6ccc(S(=O)(=O)CCOSOOO)cc6)c(N)c5c4O)cc3)cc2)cc1Cl. The molecule has 0 saturated carbocycles. The second-order valence-electron chi connectivity index (χ2n) is 13.0. The Kier molecular flexibility index (Phi) is 16.3. The first-order chi connectivity index (χ1) is 31.8. The Morgan fingerprint density at radius 3 is 1.84 bits per heavy atom. The summed E-state index contributed by atoms with van der Waals surface area (Å²) in [6.07, 6.45) is 0. The average Bonchev–Trinajstić information content (AvgIpc) is 3.29. The van der Waals surface area contributed by atoms with Crippen LogP contribution in [0.15, 0.2) is 147 Å². The summed E-state index contributed by atoms with van der Waals surface area (Å²) in [5, 5.41) is 59.4. The Morgan fingerprint density at radius 1 is 0.672 bits per heavy atom. The number of hydrogen-bond acceptors (Lipinski definition) is 25. The van der Waals surface area contributed by atoms with E-state index in [1.54, 1.807) is 0 Å². The van der Waals surface area contributed by atoms with Gasteiger partial charge in [-0.1, -0.05) is 21.7 Å². The van der Waals surface area contributed by atoms with Crippen LogP contribution in [-0.2, 0) is 52.9 Å². The zero-order valence-corrected chi connectivity index (χ0v) is 38.1. The number of aromatic hydroxyl groups is 1. The van der Waals surface area contributed by atoms with E-state index in [1.807, 2.05) is 0 Å². The van der Waals surface area contributed by atoms with Crippen molar-refractivity contribution < 1.29 is 68.4 Å². The molecule has 0 unspecified atom stereocenters. The van der Waals surface area contributed by atoms with Crippen molar-refractivity contribution in [2.45, 2.75) is 19.6 Å². The summed E-state index contributed by atoms with van der Waals surface area (Å²) >= 11 is 6.56. The van der Waals surface area contributed by atoms with E-state index in [2.05, 4.69) is 54.2 Å². The van der Waals surface area contributed by atoms with Crippen molar-refractivity contribution in [2.75, 3.05) is 34.3 Å². The lowest BCUT2D eigenvalue weighted by Gasteiger charge is -2.14. The lowest BCUT2D eigenvalue weighted by Crippen LogP contribution is -2.12. The van der Waals surface area contributed by atoms with Crippen LogP contribution >= 0.6 is 36.0 Å². The Hall–Kier alpha value is -6.10. The minimum absolute atomic E-state index is 0.0355. The molecule has 0 fully saturated rings. The van der Waals surface area contributed by atoms with Gasteiger partial charge in [0.25, 0.3) is 20.1 Å². The number of rotatable bonds is 20. The van der Waals surface area contributed by atoms with Crippen LogP contribution in [0.3, 0.4) is 0 Å². The molecule has 0 spiro atoms. The van der Waals surface area contributed by atoms with Crippen molar-refractivity contribution in [3.8, 4) is 5.75 Å². The number of nitrogens with two attached hydrogens (primary N) is 3. The maximum atomic E-state index is 13.2. The van der Waals surface area contributed by atoms with Gasteiger partial charge in [-0.05, 0) is 97.1 Å². The lowest BCUT2D eigenvalue weighted by atomic mass is 10.0. The van der Waals surface area contributed by atoms with E-state index in [1.165, 1.54) is 91.0 Å². The highest BCUT2D eigenvalue weighted by Crippen LogP contribution is 2.49. The zero-order valence-electron chi connectivity index (χ0n) is 33.3.